The molecule has 0 bridgehead atoms. The number of nitrogens with one attached hydrogen (secondary N) is 1. The summed E-state index contributed by atoms with van der Waals surface area (Å²) in [5.41, 5.74) is 0.410. The number of aliphatic hydroxyl groups is 1. The summed E-state index contributed by atoms with van der Waals surface area (Å²) >= 11 is 0. The van der Waals surface area contributed by atoms with Crippen LogP contribution in [0.3, 0.4) is 0 Å². The maximum Gasteiger partial charge on any atom is 0.0708 e. The van der Waals surface area contributed by atoms with E-state index in [4.69, 9.17) is 4.74 Å². The monoisotopic (exact) mass is 281 g/mol. The maximum atomic E-state index is 9.64. The highest BCUT2D eigenvalue weighted by atomic mass is 16.5. The minimum Gasteiger partial charge on any atom is -0.396 e. The molecule has 1 atom stereocenters. The molecular formula is C17H31NO2. The fourth-order valence-corrected chi connectivity index (χ4v) is 4.62. The lowest BCUT2D eigenvalue weighted by molar-refractivity contribution is -0.0630. The zero-order valence-corrected chi connectivity index (χ0v) is 12.8. The summed E-state index contributed by atoms with van der Waals surface area (Å²) in [6.07, 6.45) is 14.5. The minimum atomic E-state index is 0.168. The van der Waals surface area contributed by atoms with Crippen molar-refractivity contribution < 1.29 is 9.84 Å². The Labute approximate surface area is 123 Å². The fourth-order valence-electron chi connectivity index (χ4n) is 4.62. The molecule has 1 aliphatic heterocycles. The quantitative estimate of drug-likeness (QED) is 0.814. The second-order valence-corrected chi connectivity index (χ2v) is 7.52. The van der Waals surface area contributed by atoms with E-state index in [0.29, 0.717) is 12.7 Å². The third-order valence-electron chi connectivity index (χ3n) is 5.98. The first-order valence-corrected chi connectivity index (χ1v) is 8.75. The first-order valence-electron chi connectivity index (χ1n) is 8.75. The van der Waals surface area contributed by atoms with Crippen molar-refractivity contribution >= 4 is 0 Å². The van der Waals surface area contributed by atoms with Crippen LogP contribution in [0.5, 0.6) is 0 Å². The molecule has 20 heavy (non-hydrogen) atoms. The van der Waals surface area contributed by atoms with Crippen molar-refractivity contribution in [1.29, 1.82) is 0 Å². The molecule has 3 heteroatoms. The van der Waals surface area contributed by atoms with E-state index in [1.807, 2.05) is 0 Å². The van der Waals surface area contributed by atoms with Gasteiger partial charge in [-0.1, -0.05) is 32.1 Å². The molecule has 1 spiro atoms. The van der Waals surface area contributed by atoms with Crippen LogP contribution in [0.25, 0.3) is 0 Å². The van der Waals surface area contributed by atoms with Crippen LogP contribution in [0.1, 0.15) is 70.6 Å². The normalized spacial score (nSPS) is 31.9. The Morgan fingerprint density at radius 2 is 1.65 bits per heavy atom. The first kappa shape index (κ1) is 14.8. The molecule has 1 saturated heterocycles. The van der Waals surface area contributed by atoms with Gasteiger partial charge in [0.25, 0.3) is 0 Å². The van der Waals surface area contributed by atoms with Crippen LogP contribution in [0.4, 0.5) is 0 Å². The van der Waals surface area contributed by atoms with Crippen LogP contribution in [0, 0.1) is 5.41 Å². The van der Waals surface area contributed by atoms with Gasteiger partial charge in [-0.2, -0.15) is 0 Å². The van der Waals surface area contributed by atoms with Gasteiger partial charge in [0.05, 0.1) is 11.7 Å². The maximum absolute atomic E-state index is 9.64. The van der Waals surface area contributed by atoms with Gasteiger partial charge in [0.1, 0.15) is 0 Å². The summed E-state index contributed by atoms with van der Waals surface area (Å²) < 4.78 is 6.40. The molecule has 2 aliphatic carbocycles. The number of rotatable bonds is 5. The van der Waals surface area contributed by atoms with Gasteiger partial charge < -0.3 is 15.2 Å². The van der Waals surface area contributed by atoms with Crippen molar-refractivity contribution in [2.45, 2.75) is 82.3 Å². The lowest BCUT2D eigenvalue weighted by Gasteiger charge is -2.33. The highest BCUT2D eigenvalue weighted by Gasteiger charge is 2.41. The third-order valence-corrected chi connectivity index (χ3v) is 5.98. The van der Waals surface area contributed by atoms with Crippen LogP contribution in [-0.4, -0.2) is 36.5 Å². The molecule has 3 nitrogen and oxygen atoms in total. The summed E-state index contributed by atoms with van der Waals surface area (Å²) in [6.45, 7) is 2.29. The molecule has 3 rings (SSSR count). The van der Waals surface area contributed by atoms with E-state index >= 15 is 0 Å². The van der Waals surface area contributed by atoms with Gasteiger partial charge in [0.2, 0.25) is 0 Å². The second-order valence-electron chi connectivity index (χ2n) is 7.52. The Morgan fingerprint density at radius 3 is 2.35 bits per heavy atom. The van der Waals surface area contributed by atoms with Crippen LogP contribution in [-0.2, 0) is 4.74 Å². The Bertz CT molecular complexity index is 306. The highest BCUT2D eigenvalue weighted by Crippen LogP contribution is 2.42. The summed E-state index contributed by atoms with van der Waals surface area (Å²) in [5.74, 6) is 0. The smallest absolute Gasteiger partial charge is 0.0708 e. The van der Waals surface area contributed by atoms with Crippen LogP contribution in [0.2, 0.25) is 0 Å². The van der Waals surface area contributed by atoms with Gasteiger partial charge in [0.15, 0.2) is 0 Å². The molecule has 1 unspecified atom stereocenters. The Kier molecular flexibility index (Phi) is 4.68. The lowest BCUT2D eigenvalue weighted by Crippen LogP contribution is -2.39. The predicted molar refractivity (Wildman–Crippen MR) is 80.8 cm³/mol. The van der Waals surface area contributed by atoms with E-state index in [2.05, 4.69) is 5.32 Å². The van der Waals surface area contributed by atoms with Crippen LogP contribution >= 0.6 is 0 Å². The Balaban J connectivity index is 1.41. The number of hydrogen-bond acceptors (Lipinski definition) is 3. The van der Waals surface area contributed by atoms with E-state index in [9.17, 15) is 5.11 Å². The molecule has 0 aromatic heterocycles. The third kappa shape index (κ3) is 3.20. The zero-order valence-electron chi connectivity index (χ0n) is 12.8. The molecule has 1 heterocycles. The molecule has 0 aromatic carbocycles. The second kappa shape index (κ2) is 6.33. The van der Waals surface area contributed by atoms with Gasteiger partial charge in [0, 0.05) is 25.1 Å². The van der Waals surface area contributed by atoms with E-state index in [0.717, 1.165) is 13.1 Å². The summed E-state index contributed by atoms with van der Waals surface area (Å²) in [6, 6.07) is 0. The van der Waals surface area contributed by atoms with E-state index < -0.39 is 0 Å². The summed E-state index contributed by atoms with van der Waals surface area (Å²) in [7, 11) is 0. The standard InChI is InChI=1S/C17H31NO2/c19-14-16(7-4-5-8-16)13-18-12-15-6-11-17(20-15)9-2-1-3-10-17/h15,18-19H,1-14H2. The fraction of sp³-hybridized carbons (Fsp3) is 1.00. The molecule has 0 radical (unpaired) electrons. The van der Waals surface area contributed by atoms with Gasteiger partial charge in [-0.3, -0.25) is 0 Å². The summed E-state index contributed by atoms with van der Waals surface area (Å²) in [4.78, 5) is 0. The van der Waals surface area contributed by atoms with Crippen molar-refractivity contribution in [1.82, 2.24) is 5.32 Å². The summed E-state index contributed by atoms with van der Waals surface area (Å²) in [5, 5.41) is 13.2. The van der Waals surface area contributed by atoms with E-state index in [1.165, 1.54) is 70.6 Å². The van der Waals surface area contributed by atoms with E-state index in [1.54, 1.807) is 0 Å². The molecule has 0 aromatic rings. The van der Waals surface area contributed by atoms with Crippen molar-refractivity contribution in [2.75, 3.05) is 19.7 Å². The highest BCUT2D eigenvalue weighted by molar-refractivity contribution is 4.92. The van der Waals surface area contributed by atoms with Crippen molar-refractivity contribution in [2.24, 2.45) is 5.41 Å². The zero-order chi connectivity index (χ0) is 13.9. The topological polar surface area (TPSA) is 41.5 Å². The molecular weight excluding hydrogens is 250 g/mol. The first-order chi connectivity index (χ1) is 9.76. The van der Waals surface area contributed by atoms with E-state index in [-0.39, 0.29) is 11.0 Å². The van der Waals surface area contributed by atoms with Crippen molar-refractivity contribution in [3.05, 3.63) is 0 Å². The van der Waals surface area contributed by atoms with Gasteiger partial charge in [-0.25, -0.2) is 0 Å². The predicted octanol–water partition coefficient (Wildman–Crippen LogP) is 3.01. The Hall–Kier alpha value is -0.120. The van der Waals surface area contributed by atoms with Crippen molar-refractivity contribution in [3.8, 4) is 0 Å². The number of ether oxygens (including phenoxy) is 1. The van der Waals surface area contributed by atoms with Crippen LogP contribution < -0.4 is 5.32 Å². The van der Waals surface area contributed by atoms with Crippen molar-refractivity contribution in [3.63, 3.8) is 0 Å². The lowest BCUT2D eigenvalue weighted by atomic mass is 9.83. The van der Waals surface area contributed by atoms with Gasteiger partial charge >= 0.3 is 0 Å². The average molecular weight is 281 g/mol. The molecule has 2 N–H and O–H groups in total. The minimum absolute atomic E-state index is 0.168. The molecule has 2 saturated carbocycles. The van der Waals surface area contributed by atoms with Gasteiger partial charge in [-0.05, 0) is 38.5 Å². The molecule has 3 fully saturated rings. The largest absolute Gasteiger partial charge is 0.396 e. The average Bonchev–Trinajstić information content (AvgIpc) is 3.09. The Morgan fingerprint density at radius 1 is 0.950 bits per heavy atom. The molecule has 3 aliphatic rings. The van der Waals surface area contributed by atoms with Gasteiger partial charge in [-0.15, -0.1) is 0 Å². The SMILES string of the molecule is OCC1(CNCC2CCC3(CCCCC3)O2)CCCC1. The van der Waals surface area contributed by atoms with Crippen LogP contribution in [0.15, 0.2) is 0 Å². The number of aliphatic hydroxyl groups excluding tert-OH is 1. The molecule has 0 amide bonds. The molecule has 116 valence electrons. The number of hydrogen-bond donors (Lipinski definition) is 2.